The van der Waals surface area contributed by atoms with Crippen molar-refractivity contribution in [3.63, 3.8) is 0 Å². The molecule has 0 aliphatic carbocycles. The van der Waals surface area contributed by atoms with Gasteiger partial charge in [-0.1, -0.05) is 27.7 Å². The molecule has 0 aromatic carbocycles. The van der Waals surface area contributed by atoms with Crippen molar-refractivity contribution in [1.29, 1.82) is 0 Å². The lowest BCUT2D eigenvalue weighted by Crippen LogP contribution is -2.60. The average molecular weight is 699 g/mol. The molecule has 1 aliphatic rings. The molecule has 10 N–H and O–H groups in total. The molecule has 0 aromatic heterocycles. The van der Waals surface area contributed by atoms with Crippen LogP contribution in [0.3, 0.4) is 0 Å². The van der Waals surface area contributed by atoms with Crippen molar-refractivity contribution in [2.75, 3.05) is 19.7 Å². The number of carbonyl (C=O) groups is 8. The van der Waals surface area contributed by atoms with Crippen LogP contribution in [-0.2, 0) is 38.4 Å². The summed E-state index contributed by atoms with van der Waals surface area (Å²) in [5.74, 6) is -6.17. The lowest BCUT2D eigenvalue weighted by Gasteiger charge is -2.30. The Labute approximate surface area is 286 Å². The van der Waals surface area contributed by atoms with Crippen molar-refractivity contribution in [2.24, 2.45) is 17.6 Å². The van der Waals surface area contributed by atoms with Gasteiger partial charge in [-0.3, -0.25) is 33.6 Å². The first-order valence-corrected chi connectivity index (χ1v) is 16.5. The summed E-state index contributed by atoms with van der Waals surface area (Å²) in [4.78, 5) is 102. The molecule has 1 fully saturated rings. The number of aliphatic hydroxyl groups excluding tert-OH is 1. The number of nitrogens with one attached hydrogen (secondary N) is 6. The zero-order chi connectivity index (χ0) is 37.6. The van der Waals surface area contributed by atoms with Crippen molar-refractivity contribution >= 4 is 47.3 Å². The van der Waals surface area contributed by atoms with Crippen LogP contribution in [0.25, 0.3) is 0 Å². The van der Waals surface area contributed by atoms with Crippen molar-refractivity contribution in [3.8, 4) is 0 Å². The lowest BCUT2D eigenvalue weighted by molar-refractivity contribution is -0.145. The second-order valence-electron chi connectivity index (χ2n) is 13.2. The molecule has 1 heterocycles. The van der Waals surface area contributed by atoms with Crippen molar-refractivity contribution in [2.45, 2.75) is 116 Å². The highest BCUT2D eigenvalue weighted by Gasteiger charge is 2.39. The van der Waals surface area contributed by atoms with Gasteiger partial charge in [0.2, 0.25) is 41.4 Å². The Kier molecular flexibility index (Phi) is 17.6. The van der Waals surface area contributed by atoms with Crippen LogP contribution in [0.15, 0.2) is 0 Å². The van der Waals surface area contributed by atoms with E-state index in [-0.39, 0.29) is 37.6 Å². The van der Waals surface area contributed by atoms with Crippen LogP contribution in [-0.4, -0.2) is 124 Å². The highest BCUT2D eigenvalue weighted by molar-refractivity contribution is 5.97. The molecule has 1 aliphatic heterocycles. The van der Waals surface area contributed by atoms with Crippen LogP contribution in [0.5, 0.6) is 0 Å². The first-order chi connectivity index (χ1) is 22.8. The van der Waals surface area contributed by atoms with Crippen LogP contribution in [0.4, 0.5) is 0 Å². The Morgan fingerprint density at radius 1 is 0.714 bits per heavy atom. The fourth-order valence-electron chi connectivity index (χ4n) is 5.01. The summed E-state index contributed by atoms with van der Waals surface area (Å²) >= 11 is 0. The molecule has 0 unspecified atom stereocenters. The number of carboxylic acid groups (broad SMARTS) is 1. The van der Waals surface area contributed by atoms with E-state index >= 15 is 0 Å². The molecule has 0 aromatic rings. The van der Waals surface area contributed by atoms with Gasteiger partial charge in [0.15, 0.2) is 0 Å². The second-order valence-corrected chi connectivity index (χ2v) is 13.2. The number of rotatable bonds is 19. The van der Waals surface area contributed by atoms with Gasteiger partial charge in [-0.2, -0.15) is 0 Å². The van der Waals surface area contributed by atoms with Crippen LogP contribution < -0.4 is 37.6 Å². The third kappa shape index (κ3) is 14.4. The maximum atomic E-state index is 13.4. The minimum atomic E-state index is -1.46. The van der Waals surface area contributed by atoms with E-state index in [2.05, 4.69) is 31.9 Å². The summed E-state index contributed by atoms with van der Waals surface area (Å²) in [6.45, 7) is 10.3. The van der Waals surface area contributed by atoms with E-state index in [1.807, 2.05) is 13.8 Å². The fourth-order valence-corrected chi connectivity index (χ4v) is 5.01. The van der Waals surface area contributed by atoms with Gasteiger partial charge in [0, 0.05) is 6.54 Å². The largest absolute Gasteiger partial charge is 0.480 e. The van der Waals surface area contributed by atoms with Gasteiger partial charge in [-0.05, 0) is 58.3 Å². The number of aliphatic hydroxyl groups is 1. The number of likely N-dealkylation sites (tertiary alicyclic amines) is 1. The predicted octanol–water partition coefficient (Wildman–Crippen LogP) is -2.93. The number of nitrogens with two attached hydrogens (primary N) is 1. The molecule has 0 bridgehead atoms. The maximum absolute atomic E-state index is 13.4. The second kappa shape index (κ2) is 20.3. The van der Waals surface area contributed by atoms with Crippen molar-refractivity contribution < 1.29 is 48.6 Å². The molecule has 278 valence electrons. The normalized spacial score (nSPS) is 17.9. The number of nitrogens with zero attached hydrogens (tertiary/aromatic N) is 1. The molecule has 7 amide bonds. The number of hydrogen-bond acceptors (Lipinski definition) is 10. The maximum Gasteiger partial charge on any atom is 0.326 e. The molecule has 49 heavy (non-hydrogen) atoms. The Morgan fingerprint density at radius 3 is 1.78 bits per heavy atom. The first kappa shape index (κ1) is 42.7. The summed E-state index contributed by atoms with van der Waals surface area (Å²) in [6, 6.07) is -7.84. The first-order valence-electron chi connectivity index (χ1n) is 16.5. The zero-order valence-corrected chi connectivity index (χ0v) is 29.3. The molecule has 7 atom stereocenters. The minimum Gasteiger partial charge on any atom is -0.480 e. The smallest absolute Gasteiger partial charge is 0.326 e. The summed E-state index contributed by atoms with van der Waals surface area (Å²) in [7, 11) is 0. The van der Waals surface area contributed by atoms with Crippen molar-refractivity contribution in [3.05, 3.63) is 0 Å². The molecule has 18 nitrogen and oxygen atoms in total. The van der Waals surface area contributed by atoms with E-state index in [0.717, 1.165) is 0 Å². The van der Waals surface area contributed by atoms with Gasteiger partial charge in [-0.25, -0.2) is 4.79 Å². The Bertz CT molecular complexity index is 1210. The van der Waals surface area contributed by atoms with Crippen LogP contribution >= 0.6 is 0 Å². The highest BCUT2D eigenvalue weighted by Crippen LogP contribution is 2.20. The molecule has 0 saturated carbocycles. The molecule has 1 rings (SSSR count). The molecular formula is C31H54N8O10. The number of amides is 7. The predicted molar refractivity (Wildman–Crippen MR) is 176 cm³/mol. The van der Waals surface area contributed by atoms with E-state index < -0.39 is 103 Å². The SMILES string of the molecule is CC(C)C[C@H](NC(=O)[C@@H]1CCCN1C(=O)[C@H](CO)NC(=O)[C@H](CC(C)C)NC(=O)[C@H](C)NC(=O)[C@H](C)NC(=O)CNC(=O)[C@H](C)N)C(=O)O. The van der Waals surface area contributed by atoms with Gasteiger partial charge in [-0.15, -0.1) is 0 Å². The Hall–Kier alpha value is -4.32. The molecule has 18 heteroatoms. The Morgan fingerprint density at radius 2 is 1.24 bits per heavy atom. The van der Waals surface area contributed by atoms with E-state index in [1.165, 1.54) is 25.7 Å². The van der Waals surface area contributed by atoms with Gasteiger partial charge in [0.1, 0.15) is 36.3 Å². The van der Waals surface area contributed by atoms with E-state index in [4.69, 9.17) is 5.73 Å². The topological polar surface area (TPSA) is 278 Å². The third-order valence-electron chi connectivity index (χ3n) is 7.66. The monoisotopic (exact) mass is 698 g/mol. The standard InChI is InChI=1S/C31H54N8O10/c1-15(2)11-20(36-27(44)19(7)35-26(43)18(6)34-24(41)13-33-25(42)17(5)32)28(45)38-22(14-40)30(47)39-10-8-9-23(39)29(46)37-21(31(48)49)12-16(3)4/h15-23,40H,8-14,32H2,1-7H3,(H,33,42)(H,34,41)(H,35,43)(H,36,44)(H,37,46)(H,38,45)(H,48,49)/t17-,18-,19-,20-,21-,22-,23-/m0/s1. The van der Waals surface area contributed by atoms with Crippen molar-refractivity contribution in [1.82, 2.24) is 36.8 Å². The highest BCUT2D eigenvalue weighted by atomic mass is 16.4. The molecule has 0 radical (unpaired) electrons. The third-order valence-corrected chi connectivity index (χ3v) is 7.66. The van der Waals surface area contributed by atoms with Gasteiger partial charge in [0.05, 0.1) is 19.2 Å². The number of carbonyl (C=O) groups excluding carboxylic acids is 7. The quantitative estimate of drug-likeness (QED) is 0.0659. The number of hydrogen-bond donors (Lipinski definition) is 9. The number of carboxylic acids is 1. The van der Waals surface area contributed by atoms with Crippen LogP contribution in [0.2, 0.25) is 0 Å². The lowest BCUT2D eigenvalue weighted by atomic mass is 10.0. The van der Waals surface area contributed by atoms with Gasteiger partial charge < -0.3 is 52.7 Å². The molecular weight excluding hydrogens is 644 g/mol. The van der Waals surface area contributed by atoms with Crippen LogP contribution in [0, 0.1) is 11.8 Å². The molecule has 0 spiro atoms. The summed E-state index contributed by atoms with van der Waals surface area (Å²) in [5.41, 5.74) is 5.42. The van der Waals surface area contributed by atoms with Gasteiger partial charge >= 0.3 is 5.97 Å². The summed E-state index contributed by atoms with van der Waals surface area (Å²) in [5, 5.41) is 34.2. The van der Waals surface area contributed by atoms with E-state index in [1.54, 1.807) is 13.8 Å². The van der Waals surface area contributed by atoms with Gasteiger partial charge in [0.25, 0.3) is 0 Å². The minimum absolute atomic E-state index is 0.0147. The summed E-state index contributed by atoms with van der Waals surface area (Å²) < 4.78 is 0. The average Bonchev–Trinajstić information content (AvgIpc) is 3.51. The zero-order valence-electron chi connectivity index (χ0n) is 29.3. The Balaban J connectivity index is 2.89. The number of aliphatic carboxylic acids is 1. The molecule has 1 saturated heterocycles. The fraction of sp³-hybridized carbons (Fsp3) is 0.742. The van der Waals surface area contributed by atoms with E-state index in [0.29, 0.717) is 6.42 Å². The van der Waals surface area contributed by atoms with Crippen LogP contribution in [0.1, 0.15) is 74.1 Å². The summed E-state index contributed by atoms with van der Waals surface area (Å²) in [6.07, 6.45) is 1.03. The van der Waals surface area contributed by atoms with E-state index in [9.17, 15) is 48.6 Å².